The van der Waals surface area contributed by atoms with Gasteiger partial charge in [0.05, 0.1) is 11.6 Å². The van der Waals surface area contributed by atoms with Crippen LogP contribution in [0.4, 0.5) is 0 Å². The molecule has 1 heterocycles. The molecule has 0 amide bonds. The normalized spacial score (nSPS) is 12.1. The van der Waals surface area contributed by atoms with E-state index in [-0.39, 0.29) is 11.5 Å². The van der Waals surface area contributed by atoms with Crippen LogP contribution in [0, 0.1) is 11.3 Å². The summed E-state index contributed by atoms with van der Waals surface area (Å²) < 4.78 is 5.84. The quantitative estimate of drug-likeness (QED) is 0.662. The van der Waals surface area contributed by atoms with E-state index in [0.29, 0.717) is 28.7 Å². The zero-order valence-electron chi connectivity index (χ0n) is 11.5. The molecule has 1 aliphatic heterocycles. The first-order chi connectivity index (χ1) is 10.7. The third-order valence-corrected chi connectivity index (χ3v) is 3.96. The number of benzene rings is 3. The van der Waals surface area contributed by atoms with Crippen LogP contribution in [0.2, 0.25) is 0 Å². The second-order valence-electron chi connectivity index (χ2n) is 5.24. The number of phenols is 2. The van der Waals surface area contributed by atoms with Gasteiger partial charge >= 0.3 is 0 Å². The SMILES string of the molecule is N#Cc1cc2c(c3cccc(O)c13)OCc1cc(O)ccc1-2. The van der Waals surface area contributed by atoms with E-state index in [1.54, 1.807) is 30.3 Å². The lowest BCUT2D eigenvalue weighted by Gasteiger charge is -2.23. The van der Waals surface area contributed by atoms with Crippen LogP contribution in [-0.2, 0) is 6.61 Å². The van der Waals surface area contributed by atoms with Gasteiger partial charge in [-0.25, -0.2) is 0 Å². The highest BCUT2D eigenvalue weighted by Gasteiger charge is 2.23. The number of nitrogens with zero attached hydrogens (tertiary/aromatic N) is 1. The molecule has 22 heavy (non-hydrogen) atoms. The maximum Gasteiger partial charge on any atom is 0.135 e. The van der Waals surface area contributed by atoms with Gasteiger partial charge in [0.25, 0.3) is 0 Å². The van der Waals surface area contributed by atoms with E-state index in [9.17, 15) is 15.5 Å². The molecule has 3 aromatic rings. The molecule has 0 aromatic heterocycles. The van der Waals surface area contributed by atoms with E-state index in [0.717, 1.165) is 16.7 Å². The fourth-order valence-corrected chi connectivity index (χ4v) is 3.00. The van der Waals surface area contributed by atoms with Gasteiger partial charge in [-0.15, -0.1) is 0 Å². The Morgan fingerprint density at radius 2 is 1.91 bits per heavy atom. The predicted molar refractivity (Wildman–Crippen MR) is 81.8 cm³/mol. The first-order valence-corrected chi connectivity index (χ1v) is 6.83. The van der Waals surface area contributed by atoms with Crippen molar-refractivity contribution in [3.63, 3.8) is 0 Å². The maximum absolute atomic E-state index is 10.1. The van der Waals surface area contributed by atoms with Crippen molar-refractivity contribution < 1.29 is 14.9 Å². The number of hydrogen-bond acceptors (Lipinski definition) is 4. The van der Waals surface area contributed by atoms with Gasteiger partial charge in [0.2, 0.25) is 0 Å². The van der Waals surface area contributed by atoms with E-state index >= 15 is 0 Å². The number of rotatable bonds is 0. The molecule has 3 aromatic carbocycles. The van der Waals surface area contributed by atoms with Crippen LogP contribution in [0.15, 0.2) is 42.5 Å². The van der Waals surface area contributed by atoms with Crippen LogP contribution in [0.25, 0.3) is 21.9 Å². The summed E-state index contributed by atoms with van der Waals surface area (Å²) in [7, 11) is 0. The van der Waals surface area contributed by atoms with Crippen molar-refractivity contribution in [1.82, 2.24) is 0 Å². The number of ether oxygens (including phenoxy) is 1. The largest absolute Gasteiger partial charge is 0.508 e. The maximum atomic E-state index is 10.1. The summed E-state index contributed by atoms with van der Waals surface area (Å²) >= 11 is 0. The topological polar surface area (TPSA) is 73.5 Å². The lowest BCUT2D eigenvalue weighted by Crippen LogP contribution is -2.06. The Labute approximate surface area is 126 Å². The second-order valence-corrected chi connectivity index (χ2v) is 5.24. The summed E-state index contributed by atoms with van der Waals surface area (Å²) in [6, 6.07) is 14.1. The lowest BCUT2D eigenvalue weighted by molar-refractivity contribution is 0.305. The molecule has 0 aliphatic carbocycles. The average Bonchev–Trinajstić information content (AvgIpc) is 2.53. The van der Waals surface area contributed by atoms with Crippen molar-refractivity contribution in [3.05, 3.63) is 53.6 Å². The molecule has 0 saturated heterocycles. The fourth-order valence-electron chi connectivity index (χ4n) is 3.00. The van der Waals surface area contributed by atoms with Crippen molar-refractivity contribution in [1.29, 1.82) is 5.26 Å². The molecule has 0 bridgehead atoms. The summed E-state index contributed by atoms with van der Waals surface area (Å²) in [6.07, 6.45) is 0. The molecule has 0 radical (unpaired) electrons. The minimum Gasteiger partial charge on any atom is -0.508 e. The summed E-state index contributed by atoms with van der Waals surface area (Å²) in [5.41, 5.74) is 3.00. The fraction of sp³-hybridized carbons (Fsp3) is 0.0556. The van der Waals surface area contributed by atoms with E-state index in [2.05, 4.69) is 6.07 Å². The van der Waals surface area contributed by atoms with Gasteiger partial charge in [0, 0.05) is 21.9 Å². The number of aromatic hydroxyl groups is 2. The van der Waals surface area contributed by atoms with Gasteiger partial charge in [0.1, 0.15) is 23.9 Å². The number of hydrogen-bond donors (Lipinski definition) is 2. The molecule has 0 saturated carbocycles. The molecule has 0 unspecified atom stereocenters. The lowest BCUT2D eigenvalue weighted by atomic mass is 9.91. The molecule has 4 rings (SSSR count). The van der Waals surface area contributed by atoms with E-state index in [4.69, 9.17) is 4.74 Å². The summed E-state index contributed by atoms with van der Waals surface area (Å²) in [5, 5.41) is 30.3. The Hall–Kier alpha value is -3.19. The van der Waals surface area contributed by atoms with Crippen LogP contribution >= 0.6 is 0 Å². The van der Waals surface area contributed by atoms with Crippen molar-refractivity contribution in [3.8, 4) is 34.4 Å². The zero-order chi connectivity index (χ0) is 15.3. The first-order valence-electron chi connectivity index (χ1n) is 6.83. The molecule has 0 atom stereocenters. The molecule has 4 heteroatoms. The Balaban J connectivity index is 2.13. The van der Waals surface area contributed by atoms with Crippen LogP contribution < -0.4 is 4.74 Å². The third kappa shape index (κ3) is 1.63. The molecule has 0 fully saturated rings. The molecular weight excluding hydrogens is 278 g/mol. The van der Waals surface area contributed by atoms with Gasteiger partial charge < -0.3 is 14.9 Å². The van der Waals surface area contributed by atoms with E-state index in [1.165, 1.54) is 0 Å². The highest BCUT2D eigenvalue weighted by molar-refractivity contribution is 6.02. The van der Waals surface area contributed by atoms with Crippen LogP contribution in [0.5, 0.6) is 17.2 Å². The van der Waals surface area contributed by atoms with E-state index < -0.39 is 0 Å². The minimum absolute atomic E-state index is 0.0666. The molecule has 2 N–H and O–H groups in total. The Kier molecular flexibility index (Phi) is 2.51. The Morgan fingerprint density at radius 3 is 2.73 bits per heavy atom. The average molecular weight is 289 g/mol. The number of nitriles is 1. The number of phenolic OH excluding ortho intramolecular Hbond substituents is 2. The Morgan fingerprint density at radius 1 is 1.05 bits per heavy atom. The summed E-state index contributed by atoms with van der Waals surface area (Å²) in [4.78, 5) is 0. The van der Waals surface area contributed by atoms with Gasteiger partial charge in [0.15, 0.2) is 0 Å². The minimum atomic E-state index is 0.0666. The smallest absolute Gasteiger partial charge is 0.135 e. The highest BCUT2D eigenvalue weighted by atomic mass is 16.5. The van der Waals surface area contributed by atoms with Gasteiger partial charge in [-0.05, 0) is 29.8 Å². The van der Waals surface area contributed by atoms with Gasteiger partial charge in [-0.2, -0.15) is 5.26 Å². The Bertz CT molecular complexity index is 970. The highest BCUT2D eigenvalue weighted by Crippen LogP contribution is 2.45. The monoisotopic (exact) mass is 289 g/mol. The molecule has 106 valence electrons. The van der Waals surface area contributed by atoms with Crippen molar-refractivity contribution in [2.45, 2.75) is 6.61 Å². The molecular formula is C18H11NO3. The zero-order valence-corrected chi connectivity index (χ0v) is 11.5. The van der Waals surface area contributed by atoms with Crippen molar-refractivity contribution >= 4 is 10.8 Å². The summed E-state index contributed by atoms with van der Waals surface area (Å²) in [5.74, 6) is 0.907. The first kappa shape index (κ1) is 12.5. The van der Waals surface area contributed by atoms with Crippen molar-refractivity contribution in [2.24, 2.45) is 0 Å². The standard InChI is InChI=1S/C18H11NO3/c19-8-10-7-15-13-5-4-12(20)6-11(13)9-22-18(15)14-2-1-3-16(21)17(10)14/h1-7,20-21H,9H2. The van der Waals surface area contributed by atoms with Crippen LogP contribution in [0.3, 0.4) is 0 Å². The molecule has 4 nitrogen and oxygen atoms in total. The van der Waals surface area contributed by atoms with Gasteiger partial charge in [-0.1, -0.05) is 18.2 Å². The van der Waals surface area contributed by atoms with Crippen molar-refractivity contribution in [2.75, 3.05) is 0 Å². The molecule has 0 spiro atoms. The van der Waals surface area contributed by atoms with Crippen LogP contribution in [-0.4, -0.2) is 10.2 Å². The number of fused-ring (bicyclic) bond motifs is 5. The van der Waals surface area contributed by atoms with E-state index in [1.807, 2.05) is 12.1 Å². The predicted octanol–water partition coefficient (Wildman–Crippen LogP) is 3.68. The van der Waals surface area contributed by atoms with Crippen LogP contribution in [0.1, 0.15) is 11.1 Å². The molecule has 1 aliphatic rings. The third-order valence-electron chi connectivity index (χ3n) is 3.96. The summed E-state index contributed by atoms with van der Waals surface area (Å²) in [6.45, 7) is 0.341. The second kappa shape index (κ2) is 4.40. The van der Waals surface area contributed by atoms with Gasteiger partial charge in [-0.3, -0.25) is 0 Å².